The van der Waals surface area contributed by atoms with Crippen molar-refractivity contribution in [3.63, 3.8) is 0 Å². The first-order valence-electron chi connectivity index (χ1n) is 11.7. The highest BCUT2D eigenvalue weighted by Gasteiger charge is 2.40. The average Bonchev–Trinajstić information content (AvgIpc) is 3.34. The molecule has 1 aromatic heterocycles. The zero-order valence-electron chi connectivity index (χ0n) is 20.3. The minimum absolute atomic E-state index is 0.0694. The topological polar surface area (TPSA) is 109 Å². The summed E-state index contributed by atoms with van der Waals surface area (Å²) >= 11 is 0. The molecule has 0 unspecified atom stereocenters. The van der Waals surface area contributed by atoms with Gasteiger partial charge in [0, 0.05) is 36.8 Å². The van der Waals surface area contributed by atoms with Gasteiger partial charge in [-0.2, -0.15) is 25.9 Å². The Balaban J connectivity index is 1.72. The molecule has 0 spiro atoms. The van der Waals surface area contributed by atoms with Crippen molar-refractivity contribution in [2.24, 2.45) is 11.7 Å². The van der Waals surface area contributed by atoms with Crippen LogP contribution < -0.4 is 15.4 Å². The molecule has 2 aliphatic rings. The number of rotatable bonds is 5. The molecular formula is C24H30F3N5O3S. The van der Waals surface area contributed by atoms with Crippen LogP contribution in [0.1, 0.15) is 49.5 Å². The lowest BCUT2D eigenvalue weighted by Crippen LogP contribution is -2.44. The first-order valence-corrected chi connectivity index (χ1v) is 13.2. The summed E-state index contributed by atoms with van der Waals surface area (Å²) in [5, 5.41) is 0. The Labute approximate surface area is 208 Å². The quantitative estimate of drug-likeness (QED) is 0.620. The molecule has 1 aromatic carbocycles. The molecule has 8 nitrogen and oxygen atoms in total. The smallest absolute Gasteiger partial charge is 0.351 e. The van der Waals surface area contributed by atoms with Crippen molar-refractivity contribution >= 4 is 21.9 Å². The van der Waals surface area contributed by atoms with Gasteiger partial charge < -0.3 is 10.6 Å². The molecule has 2 fully saturated rings. The van der Waals surface area contributed by atoms with E-state index >= 15 is 0 Å². The van der Waals surface area contributed by atoms with Gasteiger partial charge in [-0.15, -0.1) is 0 Å². The fraction of sp³-hybridized carbons (Fsp3) is 0.500. The van der Waals surface area contributed by atoms with Gasteiger partial charge in [-0.3, -0.25) is 4.79 Å². The van der Waals surface area contributed by atoms with Crippen LogP contribution in [-0.2, 0) is 16.4 Å². The summed E-state index contributed by atoms with van der Waals surface area (Å²) in [4.78, 5) is 19.9. The third-order valence-corrected chi connectivity index (χ3v) is 8.16. The minimum Gasteiger partial charge on any atom is -0.351 e. The number of alkyl halides is 3. The largest absolute Gasteiger partial charge is 0.416 e. The van der Waals surface area contributed by atoms with E-state index in [0.717, 1.165) is 22.9 Å². The highest BCUT2D eigenvalue weighted by Crippen LogP contribution is 2.38. The first-order chi connectivity index (χ1) is 16.7. The number of nitrogens with one attached hydrogen (secondary N) is 1. The third kappa shape index (κ3) is 5.35. The second-order valence-corrected chi connectivity index (χ2v) is 11.9. The van der Waals surface area contributed by atoms with E-state index in [1.54, 1.807) is 0 Å². The second-order valence-electron chi connectivity index (χ2n) is 10.2. The maximum atomic E-state index is 13.2. The van der Waals surface area contributed by atoms with Gasteiger partial charge in [-0.1, -0.05) is 19.1 Å². The van der Waals surface area contributed by atoms with Crippen molar-refractivity contribution in [3.05, 3.63) is 47.5 Å². The number of carbonyl (C=O) groups excluding carboxylic acids is 1. The number of aromatic nitrogens is 1. The molecule has 0 bridgehead atoms. The molecule has 2 saturated heterocycles. The Morgan fingerprint density at radius 1 is 1.14 bits per heavy atom. The van der Waals surface area contributed by atoms with E-state index in [4.69, 9.17) is 5.73 Å². The fourth-order valence-corrected chi connectivity index (χ4v) is 6.20. The van der Waals surface area contributed by atoms with Crippen molar-refractivity contribution in [3.8, 4) is 11.3 Å². The molecule has 0 aliphatic carbocycles. The molecule has 2 aromatic rings. The van der Waals surface area contributed by atoms with E-state index in [1.807, 2.05) is 18.7 Å². The molecule has 3 N–H and O–H groups in total. The monoisotopic (exact) mass is 525 g/mol. The van der Waals surface area contributed by atoms with Gasteiger partial charge >= 0.3 is 16.4 Å². The van der Waals surface area contributed by atoms with Crippen LogP contribution >= 0.6 is 0 Å². The minimum atomic E-state index is -4.46. The van der Waals surface area contributed by atoms with E-state index in [1.165, 1.54) is 24.3 Å². The van der Waals surface area contributed by atoms with Crippen LogP contribution in [0.3, 0.4) is 0 Å². The summed E-state index contributed by atoms with van der Waals surface area (Å²) in [5.41, 5.74) is 5.56. The average molecular weight is 526 g/mol. The molecule has 0 saturated carbocycles. The molecule has 2 aliphatic heterocycles. The lowest BCUT2D eigenvalue weighted by atomic mass is 9.97. The second kappa shape index (κ2) is 9.31. The SMILES string of the molecule is C[C@@H]1CN(c2nc(-c3ccc(C(F)(F)F)cc3)ccc2C(=O)NS(=O)(=O)N2CC[C@@H](N)C2)C(C)(C)C1. The van der Waals surface area contributed by atoms with Crippen molar-refractivity contribution < 1.29 is 26.4 Å². The van der Waals surface area contributed by atoms with Gasteiger partial charge in [0.2, 0.25) is 0 Å². The number of nitrogens with two attached hydrogens (primary N) is 1. The lowest BCUT2D eigenvalue weighted by Gasteiger charge is -2.34. The van der Waals surface area contributed by atoms with E-state index < -0.39 is 27.9 Å². The number of carbonyl (C=O) groups is 1. The number of pyridine rings is 1. The molecule has 3 heterocycles. The van der Waals surface area contributed by atoms with Crippen LogP contribution in [0.4, 0.5) is 19.0 Å². The van der Waals surface area contributed by atoms with Crippen molar-refractivity contribution in [2.45, 2.75) is 51.4 Å². The van der Waals surface area contributed by atoms with Crippen LogP contribution in [0, 0.1) is 5.92 Å². The Hall–Kier alpha value is -2.70. The van der Waals surface area contributed by atoms with Crippen LogP contribution in [-0.4, -0.2) is 54.8 Å². The van der Waals surface area contributed by atoms with Crippen LogP contribution in [0.5, 0.6) is 0 Å². The molecule has 12 heteroatoms. The van der Waals surface area contributed by atoms with E-state index in [9.17, 15) is 26.4 Å². The van der Waals surface area contributed by atoms with E-state index in [0.29, 0.717) is 30.1 Å². The summed E-state index contributed by atoms with van der Waals surface area (Å²) in [6, 6.07) is 7.30. The van der Waals surface area contributed by atoms with E-state index in [2.05, 4.69) is 16.6 Å². The molecular weight excluding hydrogens is 495 g/mol. The Bertz CT molecular complexity index is 1250. The third-order valence-electron chi connectivity index (χ3n) is 6.71. The number of amides is 1. The number of nitrogens with zero attached hydrogens (tertiary/aromatic N) is 3. The predicted molar refractivity (Wildman–Crippen MR) is 130 cm³/mol. The number of halogens is 3. The van der Waals surface area contributed by atoms with Crippen LogP contribution in [0.25, 0.3) is 11.3 Å². The number of anilines is 1. The maximum Gasteiger partial charge on any atom is 0.416 e. The lowest BCUT2D eigenvalue weighted by molar-refractivity contribution is -0.137. The summed E-state index contributed by atoms with van der Waals surface area (Å²) < 4.78 is 67.8. The fourth-order valence-electron chi connectivity index (χ4n) is 4.99. The van der Waals surface area contributed by atoms with E-state index in [-0.39, 0.29) is 36.1 Å². The predicted octanol–water partition coefficient (Wildman–Crippen LogP) is 3.40. The zero-order valence-corrected chi connectivity index (χ0v) is 21.2. The Morgan fingerprint density at radius 2 is 1.81 bits per heavy atom. The number of benzene rings is 1. The van der Waals surface area contributed by atoms with Gasteiger partial charge in [0.05, 0.1) is 16.8 Å². The highest BCUT2D eigenvalue weighted by molar-refractivity contribution is 7.87. The highest BCUT2D eigenvalue weighted by atomic mass is 32.2. The van der Waals surface area contributed by atoms with Gasteiger partial charge in [-0.05, 0) is 56.9 Å². The molecule has 2 atom stereocenters. The first kappa shape index (κ1) is 26.4. The molecule has 4 rings (SSSR count). The van der Waals surface area contributed by atoms with Gasteiger partial charge in [-0.25, -0.2) is 9.71 Å². The summed E-state index contributed by atoms with van der Waals surface area (Å²) in [6.07, 6.45) is -3.13. The zero-order chi connectivity index (χ0) is 26.5. The van der Waals surface area contributed by atoms with Gasteiger partial charge in [0.1, 0.15) is 5.82 Å². The Morgan fingerprint density at radius 3 is 2.33 bits per heavy atom. The van der Waals surface area contributed by atoms with Gasteiger partial charge in [0.15, 0.2) is 0 Å². The van der Waals surface area contributed by atoms with Crippen molar-refractivity contribution in [2.75, 3.05) is 24.5 Å². The number of hydrogen-bond acceptors (Lipinski definition) is 6. The molecule has 36 heavy (non-hydrogen) atoms. The maximum absolute atomic E-state index is 13.2. The standard InChI is InChI=1S/C24H30F3N5O3S/c1-15-12-23(2,3)32(13-15)21-19(22(33)30-36(34,35)31-11-10-18(28)14-31)8-9-20(29-21)16-4-6-17(7-5-16)24(25,26)27/h4-9,15,18H,10-14,28H2,1-3H3,(H,30,33)/t15-,18+/m0/s1. The van der Waals surface area contributed by atoms with Crippen molar-refractivity contribution in [1.29, 1.82) is 0 Å². The number of hydrogen-bond donors (Lipinski definition) is 2. The summed E-state index contributed by atoms with van der Waals surface area (Å²) in [7, 11) is -4.10. The summed E-state index contributed by atoms with van der Waals surface area (Å²) in [6.45, 7) is 7.02. The Kier molecular flexibility index (Phi) is 6.82. The normalized spacial score (nSPS) is 22.7. The molecule has 0 radical (unpaired) electrons. The van der Waals surface area contributed by atoms with Gasteiger partial charge in [0.25, 0.3) is 5.91 Å². The van der Waals surface area contributed by atoms with Crippen molar-refractivity contribution in [1.82, 2.24) is 14.0 Å². The molecule has 1 amide bonds. The van der Waals surface area contributed by atoms with Crippen LogP contribution in [0.2, 0.25) is 0 Å². The molecule has 196 valence electrons. The van der Waals surface area contributed by atoms with Crippen LogP contribution in [0.15, 0.2) is 36.4 Å². The summed E-state index contributed by atoms with van der Waals surface area (Å²) in [5.74, 6) is -0.248.